The average molecular weight is 513 g/mol. The maximum atomic E-state index is 13.7. The Hall–Kier alpha value is -3.27. The Bertz CT molecular complexity index is 1490. The Morgan fingerprint density at radius 1 is 1.13 bits per heavy atom. The van der Waals surface area contributed by atoms with Crippen molar-refractivity contribution in [1.82, 2.24) is 14.5 Å². The van der Waals surface area contributed by atoms with Crippen LogP contribution in [-0.4, -0.2) is 14.5 Å². The summed E-state index contributed by atoms with van der Waals surface area (Å²) in [5.41, 5.74) is 2.10. The van der Waals surface area contributed by atoms with Crippen molar-refractivity contribution in [2.75, 3.05) is 0 Å². The summed E-state index contributed by atoms with van der Waals surface area (Å²) >= 11 is 2.17. The summed E-state index contributed by atoms with van der Waals surface area (Å²) < 4.78 is 27.7. The second-order valence-corrected chi connectivity index (χ2v) is 7.88. The molecular weight excluding hydrogens is 500 g/mol. The first-order valence-corrected chi connectivity index (χ1v) is 10.1. The highest BCUT2D eigenvalue weighted by atomic mass is 127. The first kappa shape index (κ1) is 18.7. The first-order valence-electron chi connectivity index (χ1n) is 8.99. The van der Waals surface area contributed by atoms with Crippen LogP contribution in [0.25, 0.3) is 27.7 Å². The molecule has 0 bridgehead atoms. The Morgan fingerprint density at radius 3 is 2.83 bits per heavy atom. The van der Waals surface area contributed by atoms with Crippen LogP contribution in [0, 0.1) is 16.3 Å². The van der Waals surface area contributed by atoms with Crippen molar-refractivity contribution in [3.63, 3.8) is 0 Å². The van der Waals surface area contributed by atoms with E-state index >= 15 is 0 Å². The van der Waals surface area contributed by atoms with Crippen LogP contribution in [0.1, 0.15) is 5.56 Å². The molecule has 0 N–H and O–H groups in total. The first-order chi connectivity index (χ1) is 14.5. The van der Waals surface area contributed by atoms with Gasteiger partial charge in [-0.05, 0) is 65.4 Å². The van der Waals surface area contributed by atoms with Crippen LogP contribution in [0.3, 0.4) is 0 Å². The zero-order chi connectivity index (χ0) is 20.8. The minimum Gasteiger partial charge on any atom is -0.438 e. The number of hydrogen-bond acceptors (Lipinski definition) is 5. The zero-order valence-electron chi connectivity index (χ0n) is 15.6. The van der Waals surface area contributed by atoms with Crippen LogP contribution in [0.5, 0.6) is 11.6 Å². The molecule has 148 valence electrons. The van der Waals surface area contributed by atoms with E-state index in [2.05, 4.69) is 32.6 Å². The van der Waals surface area contributed by atoms with Gasteiger partial charge >= 0.3 is 5.63 Å². The topological polar surface area (TPSA) is 70.2 Å². The summed E-state index contributed by atoms with van der Waals surface area (Å²) in [7, 11) is 0. The molecule has 0 saturated heterocycles. The average Bonchev–Trinajstić information content (AvgIpc) is 3.05. The van der Waals surface area contributed by atoms with Gasteiger partial charge in [-0.3, -0.25) is 4.57 Å². The summed E-state index contributed by atoms with van der Waals surface area (Å²) in [5.74, 6) is 0.502. The van der Waals surface area contributed by atoms with E-state index in [1.54, 1.807) is 28.8 Å². The van der Waals surface area contributed by atoms with Crippen LogP contribution in [0.2, 0.25) is 0 Å². The number of halogens is 2. The van der Waals surface area contributed by atoms with E-state index in [-0.39, 0.29) is 5.82 Å². The van der Waals surface area contributed by atoms with Crippen molar-refractivity contribution >= 4 is 44.6 Å². The van der Waals surface area contributed by atoms with Crippen LogP contribution >= 0.6 is 22.6 Å². The highest BCUT2D eigenvalue weighted by molar-refractivity contribution is 14.1. The molecule has 0 spiro atoms. The van der Waals surface area contributed by atoms with E-state index in [1.807, 2.05) is 19.2 Å². The van der Waals surface area contributed by atoms with Gasteiger partial charge in [0.2, 0.25) is 5.88 Å². The van der Waals surface area contributed by atoms with Crippen molar-refractivity contribution < 1.29 is 13.5 Å². The number of nitrogens with zero attached hydrogens (tertiary/aromatic N) is 3. The lowest BCUT2D eigenvalue weighted by Gasteiger charge is -2.08. The molecule has 3 aromatic heterocycles. The Labute approximate surface area is 183 Å². The SMILES string of the molecule is Cc1cc(=O)oc2cc(Oc3ncnc4c3c(I)cn4-c3cccc(F)c3)ccc12. The van der Waals surface area contributed by atoms with Crippen molar-refractivity contribution in [1.29, 1.82) is 0 Å². The minimum absolute atomic E-state index is 0.331. The number of ether oxygens (including phenoxy) is 1. The van der Waals surface area contributed by atoms with E-state index in [9.17, 15) is 9.18 Å². The molecule has 5 aromatic rings. The number of hydrogen-bond donors (Lipinski definition) is 0. The van der Waals surface area contributed by atoms with Gasteiger partial charge in [-0.15, -0.1) is 0 Å². The van der Waals surface area contributed by atoms with Gasteiger partial charge in [-0.1, -0.05) is 6.07 Å². The molecule has 6 nitrogen and oxygen atoms in total. The largest absolute Gasteiger partial charge is 0.438 e. The quantitative estimate of drug-likeness (QED) is 0.240. The van der Waals surface area contributed by atoms with Gasteiger partial charge in [0.05, 0.1) is 5.39 Å². The highest BCUT2D eigenvalue weighted by Crippen LogP contribution is 2.34. The zero-order valence-corrected chi connectivity index (χ0v) is 17.8. The minimum atomic E-state index is -0.414. The van der Waals surface area contributed by atoms with Crippen molar-refractivity contribution in [2.24, 2.45) is 0 Å². The van der Waals surface area contributed by atoms with Crippen LogP contribution in [0.15, 0.2) is 70.3 Å². The maximum Gasteiger partial charge on any atom is 0.336 e. The lowest BCUT2D eigenvalue weighted by atomic mass is 10.1. The second-order valence-electron chi connectivity index (χ2n) is 6.71. The molecule has 8 heteroatoms. The molecule has 3 heterocycles. The van der Waals surface area contributed by atoms with E-state index in [0.29, 0.717) is 33.9 Å². The second kappa shape index (κ2) is 7.21. The number of aromatic nitrogens is 3. The van der Waals surface area contributed by atoms with Gasteiger partial charge in [-0.25, -0.2) is 19.2 Å². The Kier molecular flexibility index (Phi) is 4.50. The molecule has 0 atom stereocenters. The molecule has 0 aliphatic rings. The molecule has 0 aliphatic heterocycles. The predicted octanol–water partition coefficient (Wildman–Crippen LogP) is 5.37. The number of benzene rings is 2. The third kappa shape index (κ3) is 3.22. The predicted molar refractivity (Wildman–Crippen MR) is 119 cm³/mol. The smallest absolute Gasteiger partial charge is 0.336 e. The van der Waals surface area contributed by atoms with Crippen LogP contribution in [-0.2, 0) is 0 Å². The number of aryl methyl sites for hydroxylation is 1. The van der Waals surface area contributed by atoms with Crippen LogP contribution < -0.4 is 10.4 Å². The maximum absolute atomic E-state index is 13.7. The molecular formula is C22H13FIN3O3. The number of fused-ring (bicyclic) bond motifs is 2. The van der Waals surface area contributed by atoms with Gasteiger partial charge in [0.25, 0.3) is 0 Å². The number of rotatable bonds is 3. The fraction of sp³-hybridized carbons (Fsp3) is 0.0455. The normalized spacial score (nSPS) is 11.3. The molecule has 2 aromatic carbocycles. The van der Waals surface area contributed by atoms with Gasteiger partial charge in [0.15, 0.2) is 5.65 Å². The molecule has 0 aliphatic carbocycles. The van der Waals surface area contributed by atoms with Gasteiger partial charge in [-0.2, -0.15) is 0 Å². The summed E-state index contributed by atoms with van der Waals surface area (Å²) in [6.07, 6.45) is 3.25. The molecule has 0 amide bonds. The monoisotopic (exact) mass is 513 g/mol. The standard InChI is InChI=1S/C22H13FIN3O3/c1-12-7-19(28)30-18-9-15(5-6-16(12)18)29-22-20-17(24)10-27(21(20)25-11-26-22)14-4-2-3-13(23)8-14/h2-11H,1H3. The molecule has 5 rings (SSSR count). The Morgan fingerprint density at radius 2 is 2.00 bits per heavy atom. The van der Waals surface area contributed by atoms with E-state index in [1.165, 1.54) is 24.5 Å². The lowest BCUT2D eigenvalue weighted by molar-refractivity contribution is 0.466. The molecule has 0 unspecified atom stereocenters. The molecule has 30 heavy (non-hydrogen) atoms. The van der Waals surface area contributed by atoms with Crippen LogP contribution in [0.4, 0.5) is 4.39 Å². The summed E-state index contributed by atoms with van der Waals surface area (Å²) in [6.45, 7) is 1.85. The summed E-state index contributed by atoms with van der Waals surface area (Å²) in [6, 6.07) is 13.0. The van der Waals surface area contributed by atoms with Gasteiger partial charge in [0, 0.05) is 33.0 Å². The van der Waals surface area contributed by atoms with Gasteiger partial charge in [0.1, 0.15) is 23.5 Å². The summed E-state index contributed by atoms with van der Waals surface area (Å²) in [4.78, 5) is 20.3. The molecule has 0 fully saturated rings. The van der Waals surface area contributed by atoms with Gasteiger partial charge < -0.3 is 9.15 Å². The fourth-order valence-electron chi connectivity index (χ4n) is 3.37. The third-order valence-electron chi connectivity index (χ3n) is 4.73. The highest BCUT2D eigenvalue weighted by Gasteiger charge is 2.17. The molecule has 0 saturated carbocycles. The van der Waals surface area contributed by atoms with E-state index in [4.69, 9.17) is 9.15 Å². The fourth-order valence-corrected chi connectivity index (χ4v) is 4.12. The van der Waals surface area contributed by atoms with Crippen molar-refractivity contribution in [3.05, 3.63) is 86.4 Å². The van der Waals surface area contributed by atoms with Crippen molar-refractivity contribution in [2.45, 2.75) is 6.92 Å². The van der Waals surface area contributed by atoms with E-state index < -0.39 is 5.63 Å². The summed E-state index contributed by atoms with van der Waals surface area (Å²) in [5, 5.41) is 1.54. The van der Waals surface area contributed by atoms with E-state index in [0.717, 1.165) is 14.5 Å². The molecule has 0 radical (unpaired) electrons. The third-order valence-corrected chi connectivity index (χ3v) is 5.54. The van der Waals surface area contributed by atoms with Crippen molar-refractivity contribution in [3.8, 4) is 17.3 Å². The Balaban J connectivity index is 1.62. The lowest BCUT2D eigenvalue weighted by Crippen LogP contribution is -1.98.